The molecule has 2 N–H and O–H groups in total. The minimum absolute atomic E-state index is 0.105. The van der Waals surface area contributed by atoms with Crippen molar-refractivity contribution in [3.63, 3.8) is 0 Å². The number of benzene rings is 1. The number of carbonyl (C=O) groups is 1. The molecule has 1 rings (SSSR count). The maximum absolute atomic E-state index is 12.9. The van der Waals surface area contributed by atoms with Crippen LogP contribution in [-0.2, 0) is 0 Å². The largest absolute Gasteiger partial charge is 0.321 e. The van der Waals surface area contributed by atoms with Gasteiger partial charge in [-0.25, -0.2) is 4.39 Å². The van der Waals surface area contributed by atoms with E-state index < -0.39 is 6.04 Å². The number of rotatable bonds is 4. The lowest BCUT2D eigenvalue weighted by atomic mass is 9.94. The van der Waals surface area contributed by atoms with Gasteiger partial charge in [0, 0.05) is 5.56 Å². The van der Waals surface area contributed by atoms with Crippen LogP contribution >= 0.6 is 0 Å². The van der Waals surface area contributed by atoms with Gasteiger partial charge in [0.05, 0.1) is 6.04 Å². The first-order valence-electron chi connectivity index (χ1n) is 5.47. The molecule has 0 bridgehead atoms. The number of Topliss-reactive ketones (excluding diaryl/α,β-unsaturated/α-hetero) is 1. The van der Waals surface area contributed by atoms with Crippen LogP contribution in [0.25, 0.3) is 0 Å². The van der Waals surface area contributed by atoms with Gasteiger partial charge in [0.1, 0.15) is 5.82 Å². The SMILES string of the molecule is Cc1cc(F)ccc1C(=O)C(N)CC(C)C. The third kappa shape index (κ3) is 3.14. The standard InChI is InChI=1S/C13H18FNO/c1-8(2)6-12(15)13(16)11-5-4-10(14)7-9(11)3/h4-5,7-8,12H,6,15H2,1-3H3. The molecule has 1 unspecified atom stereocenters. The highest BCUT2D eigenvalue weighted by Crippen LogP contribution is 2.14. The normalized spacial score (nSPS) is 12.9. The van der Waals surface area contributed by atoms with Gasteiger partial charge in [0.25, 0.3) is 0 Å². The van der Waals surface area contributed by atoms with Crippen LogP contribution in [0.15, 0.2) is 18.2 Å². The molecule has 0 aromatic heterocycles. The number of ketones is 1. The van der Waals surface area contributed by atoms with E-state index in [4.69, 9.17) is 5.73 Å². The smallest absolute Gasteiger partial charge is 0.179 e. The first-order chi connectivity index (χ1) is 7.41. The summed E-state index contributed by atoms with van der Waals surface area (Å²) in [6.07, 6.45) is 0.648. The fraction of sp³-hybridized carbons (Fsp3) is 0.462. The molecule has 2 nitrogen and oxygen atoms in total. The molecule has 0 aliphatic rings. The summed E-state index contributed by atoms with van der Waals surface area (Å²) in [6.45, 7) is 5.76. The summed E-state index contributed by atoms with van der Waals surface area (Å²) in [4.78, 5) is 12.0. The number of nitrogens with two attached hydrogens (primary N) is 1. The zero-order chi connectivity index (χ0) is 12.3. The fourth-order valence-corrected chi connectivity index (χ4v) is 1.72. The molecule has 0 heterocycles. The molecule has 0 fully saturated rings. The average molecular weight is 223 g/mol. The number of hydrogen-bond acceptors (Lipinski definition) is 2. The maximum atomic E-state index is 12.9. The van der Waals surface area contributed by atoms with E-state index in [9.17, 15) is 9.18 Å². The van der Waals surface area contributed by atoms with Crippen molar-refractivity contribution < 1.29 is 9.18 Å². The molecule has 3 heteroatoms. The second kappa shape index (κ2) is 5.21. The Balaban J connectivity index is 2.88. The second-order valence-corrected chi connectivity index (χ2v) is 4.56. The van der Waals surface area contributed by atoms with Gasteiger partial charge in [0.15, 0.2) is 5.78 Å². The number of aryl methyl sites for hydroxylation is 1. The summed E-state index contributed by atoms with van der Waals surface area (Å²) in [6, 6.07) is 3.66. The van der Waals surface area contributed by atoms with Gasteiger partial charge < -0.3 is 5.73 Å². The summed E-state index contributed by atoms with van der Waals surface area (Å²) in [7, 11) is 0. The Morgan fingerprint density at radius 1 is 1.44 bits per heavy atom. The highest BCUT2D eigenvalue weighted by Gasteiger charge is 2.18. The summed E-state index contributed by atoms with van der Waals surface area (Å²) in [5.41, 5.74) is 6.98. The van der Waals surface area contributed by atoms with E-state index in [0.29, 0.717) is 23.5 Å². The molecule has 0 aliphatic heterocycles. The molecule has 1 aromatic rings. The number of carbonyl (C=O) groups excluding carboxylic acids is 1. The Morgan fingerprint density at radius 3 is 2.56 bits per heavy atom. The molecular formula is C13H18FNO. The van der Waals surface area contributed by atoms with Crippen LogP contribution in [0.2, 0.25) is 0 Å². The monoisotopic (exact) mass is 223 g/mol. The third-order valence-electron chi connectivity index (χ3n) is 2.52. The number of halogens is 1. The van der Waals surface area contributed by atoms with Crippen molar-refractivity contribution in [1.82, 2.24) is 0 Å². The van der Waals surface area contributed by atoms with Crippen molar-refractivity contribution in [2.24, 2.45) is 11.7 Å². The van der Waals surface area contributed by atoms with Crippen LogP contribution in [0.3, 0.4) is 0 Å². The van der Waals surface area contributed by atoms with Crippen LogP contribution in [0, 0.1) is 18.7 Å². The van der Waals surface area contributed by atoms with E-state index in [-0.39, 0.29) is 11.6 Å². The first kappa shape index (κ1) is 12.8. The Bertz CT molecular complexity index is 388. The van der Waals surface area contributed by atoms with E-state index in [0.717, 1.165) is 0 Å². The number of hydrogen-bond donors (Lipinski definition) is 1. The van der Waals surface area contributed by atoms with E-state index in [2.05, 4.69) is 0 Å². The molecule has 1 aromatic carbocycles. The van der Waals surface area contributed by atoms with Gasteiger partial charge >= 0.3 is 0 Å². The summed E-state index contributed by atoms with van der Waals surface area (Å²) in [5.74, 6) is -0.0580. The van der Waals surface area contributed by atoms with Gasteiger partial charge in [-0.3, -0.25) is 4.79 Å². The summed E-state index contributed by atoms with van der Waals surface area (Å²) in [5, 5.41) is 0. The topological polar surface area (TPSA) is 43.1 Å². The molecule has 0 saturated heterocycles. The second-order valence-electron chi connectivity index (χ2n) is 4.56. The van der Waals surface area contributed by atoms with Crippen molar-refractivity contribution >= 4 is 5.78 Å². The highest BCUT2D eigenvalue weighted by atomic mass is 19.1. The van der Waals surface area contributed by atoms with E-state index >= 15 is 0 Å². The van der Waals surface area contributed by atoms with Crippen molar-refractivity contribution in [2.45, 2.75) is 33.2 Å². The third-order valence-corrected chi connectivity index (χ3v) is 2.52. The van der Waals surface area contributed by atoms with Gasteiger partial charge in [0.2, 0.25) is 0 Å². The summed E-state index contributed by atoms with van der Waals surface area (Å²) < 4.78 is 12.9. The van der Waals surface area contributed by atoms with Crippen molar-refractivity contribution in [3.8, 4) is 0 Å². The fourth-order valence-electron chi connectivity index (χ4n) is 1.72. The van der Waals surface area contributed by atoms with Crippen LogP contribution < -0.4 is 5.73 Å². The Labute approximate surface area is 95.7 Å². The molecule has 0 aliphatic carbocycles. The highest BCUT2D eigenvalue weighted by molar-refractivity contribution is 6.01. The van der Waals surface area contributed by atoms with Crippen LogP contribution in [0.1, 0.15) is 36.2 Å². The Kier molecular flexibility index (Phi) is 4.19. The average Bonchev–Trinajstić information content (AvgIpc) is 2.15. The van der Waals surface area contributed by atoms with Crippen LogP contribution in [0.4, 0.5) is 4.39 Å². The minimum atomic E-state index is -0.496. The molecule has 0 amide bonds. The molecule has 16 heavy (non-hydrogen) atoms. The zero-order valence-corrected chi connectivity index (χ0v) is 9.96. The van der Waals surface area contributed by atoms with Gasteiger partial charge in [-0.1, -0.05) is 13.8 Å². The van der Waals surface area contributed by atoms with Gasteiger partial charge in [-0.05, 0) is 43.0 Å². The predicted molar refractivity (Wildman–Crippen MR) is 62.9 cm³/mol. The molecular weight excluding hydrogens is 205 g/mol. The molecule has 0 radical (unpaired) electrons. The lowest BCUT2D eigenvalue weighted by Crippen LogP contribution is -2.32. The van der Waals surface area contributed by atoms with Crippen molar-refractivity contribution in [2.75, 3.05) is 0 Å². The van der Waals surface area contributed by atoms with E-state index in [1.165, 1.54) is 18.2 Å². The lowest BCUT2D eigenvalue weighted by Gasteiger charge is -2.14. The van der Waals surface area contributed by atoms with Gasteiger partial charge in [-0.15, -0.1) is 0 Å². The van der Waals surface area contributed by atoms with Crippen molar-refractivity contribution in [1.29, 1.82) is 0 Å². The first-order valence-corrected chi connectivity index (χ1v) is 5.47. The Morgan fingerprint density at radius 2 is 2.06 bits per heavy atom. The zero-order valence-electron chi connectivity index (χ0n) is 9.96. The van der Waals surface area contributed by atoms with E-state index in [1.54, 1.807) is 6.92 Å². The quantitative estimate of drug-likeness (QED) is 0.797. The Hall–Kier alpha value is -1.22. The predicted octanol–water partition coefficient (Wildman–Crippen LogP) is 2.69. The molecule has 0 spiro atoms. The summed E-state index contributed by atoms with van der Waals surface area (Å²) >= 11 is 0. The minimum Gasteiger partial charge on any atom is -0.321 e. The molecule has 1 atom stereocenters. The maximum Gasteiger partial charge on any atom is 0.179 e. The van der Waals surface area contributed by atoms with E-state index in [1.807, 2.05) is 13.8 Å². The van der Waals surface area contributed by atoms with Crippen LogP contribution in [0.5, 0.6) is 0 Å². The van der Waals surface area contributed by atoms with Crippen LogP contribution in [-0.4, -0.2) is 11.8 Å². The molecule has 0 saturated carbocycles. The van der Waals surface area contributed by atoms with Crippen molar-refractivity contribution in [3.05, 3.63) is 35.1 Å². The van der Waals surface area contributed by atoms with Gasteiger partial charge in [-0.2, -0.15) is 0 Å². The molecule has 88 valence electrons. The lowest BCUT2D eigenvalue weighted by molar-refractivity contribution is 0.0950.